The second-order valence-electron chi connectivity index (χ2n) is 2.22. The van der Waals surface area contributed by atoms with Crippen molar-refractivity contribution in [2.24, 2.45) is 0 Å². The SMILES string of the molecule is CC.N#Cc1cc(CBr)c(CBr)cn1. The largest absolute Gasteiger partial charge is 0.245 e. The van der Waals surface area contributed by atoms with E-state index in [9.17, 15) is 0 Å². The van der Waals surface area contributed by atoms with Crippen LogP contribution in [0.15, 0.2) is 12.3 Å². The highest BCUT2D eigenvalue weighted by Gasteiger charge is 2.01. The highest BCUT2D eigenvalue weighted by molar-refractivity contribution is 9.09. The molecule has 1 aromatic heterocycles. The van der Waals surface area contributed by atoms with Gasteiger partial charge in [-0.2, -0.15) is 5.26 Å². The van der Waals surface area contributed by atoms with Crippen LogP contribution in [0.3, 0.4) is 0 Å². The number of rotatable bonds is 2. The summed E-state index contributed by atoms with van der Waals surface area (Å²) in [6, 6.07) is 3.80. The van der Waals surface area contributed by atoms with Gasteiger partial charge in [-0.1, -0.05) is 45.7 Å². The van der Waals surface area contributed by atoms with Crippen LogP contribution in [0.25, 0.3) is 0 Å². The Morgan fingerprint density at radius 2 is 1.86 bits per heavy atom. The molecule has 0 amide bonds. The molecule has 1 aromatic rings. The molecule has 0 N–H and O–H groups in total. The Hall–Kier alpha value is -0.400. The van der Waals surface area contributed by atoms with Crippen LogP contribution in [-0.4, -0.2) is 4.98 Å². The van der Waals surface area contributed by atoms with Crippen molar-refractivity contribution in [1.82, 2.24) is 4.98 Å². The first-order valence-electron chi connectivity index (χ1n) is 4.31. The van der Waals surface area contributed by atoms with E-state index in [1.165, 1.54) is 0 Å². The number of hydrogen-bond donors (Lipinski definition) is 0. The average molecular weight is 320 g/mol. The summed E-state index contributed by atoms with van der Waals surface area (Å²) in [6.07, 6.45) is 1.73. The molecule has 0 aromatic carbocycles. The van der Waals surface area contributed by atoms with Crippen LogP contribution in [0, 0.1) is 11.3 Å². The Morgan fingerprint density at radius 1 is 1.29 bits per heavy atom. The van der Waals surface area contributed by atoms with E-state index in [0.717, 1.165) is 21.8 Å². The van der Waals surface area contributed by atoms with Gasteiger partial charge in [0.2, 0.25) is 0 Å². The van der Waals surface area contributed by atoms with Crippen LogP contribution in [0.1, 0.15) is 30.7 Å². The summed E-state index contributed by atoms with van der Waals surface area (Å²) < 4.78 is 0. The van der Waals surface area contributed by atoms with Crippen LogP contribution in [0.2, 0.25) is 0 Å². The minimum atomic E-state index is 0.467. The van der Waals surface area contributed by atoms with Gasteiger partial charge in [0.1, 0.15) is 11.8 Å². The van der Waals surface area contributed by atoms with Crippen molar-refractivity contribution in [2.75, 3.05) is 0 Å². The van der Waals surface area contributed by atoms with Crippen molar-refractivity contribution < 1.29 is 0 Å². The van der Waals surface area contributed by atoms with Crippen molar-refractivity contribution in [3.8, 4) is 6.07 Å². The highest BCUT2D eigenvalue weighted by atomic mass is 79.9. The fourth-order valence-electron chi connectivity index (χ4n) is 0.831. The van der Waals surface area contributed by atoms with Gasteiger partial charge in [0.15, 0.2) is 0 Å². The molecular formula is C10H12Br2N2. The van der Waals surface area contributed by atoms with Crippen molar-refractivity contribution in [2.45, 2.75) is 24.5 Å². The number of nitriles is 1. The molecule has 0 aliphatic heterocycles. The summed E-state index contributed by atoms with van der Waals surface area (Å²) >= 11 is 6.71. The van der Waals surface area contributed by atoms with E-state index < -0.39 is 0 Å². The molecule has 1 rings (SSSR count). The summed E-state index contributed by atoms with van der Waals surface area (Å²) in [6.45, 7) is 4.00. The van der Waals surface area contributed by atoms with Crippen molar-refractivity contribution in [1.29, 1.82) is 5.26 Å². The van der Waals surface area contributed by atoms with Gasteiger partial charge in [0.25, 0.3) is 0 Å². The summed E-state index contributed by atoms with van der Waals surface area (Å²) in [4.78, 5) is 3.96. The van der Waals surface area contributed by atoms with Crippen molar-refractivity contribution >= 4 is 31.9 Å². The van der Waals surface area contributed by atoms with Gasteiger partial charge >= 0.3 is 0 Å². The second kappa shape index (κ2) is 7.95. The highest BCUT2D eigenvalue weighted by Crippen LogP contribution is 2.15. The van der Waals surface area contributed by atoms with Crippen molar-refractivity contribution in [3.05, 3.63) is 29.1 Å². The van der Waals surface area contributed by atoms with E-state index in [1.54, 1.807) is 12.3 Å². The number of nitrogens with zero attached hydrogens (tertiary/aromatic N) is 2. The van der Waals surface area contributed by atoms with Gasteiger partial charge in [-0.25, -0.2) is 4.98 Å². The molecule has 76 valence electrons. The van der Waals surface area contributed by atoms with Gasteiger partial charge in [0, 0.05) is 16.9 Å². The van der Waals surface area contributed by atoms with E-state index in [0.29, 0.717) is 5.69 Å². The van der Waals surface area contributed by atoms with Gasteiger partial charge in [-0.3, -0.25) is 0 Å². The minimum absolute atomic E-state index is 0.467. The lowest BCUT2D eigenvalue weighted by Gasteiger charge is -2.02. The molecule has 0 bridgehead atoms. The Bertz CT molecular complexity index is 318. The van der Waals surface area contributed by atoms with E-state index >= 15 is 0 Å². The van der Waals surface area contributed by atoms with Crippen LogP contribution in [-0.2, 0) is 10.7 Å². The van der Waals surface area contributed by atoms with Crippen LogP contribution in [0.4, 0.5) is 0 Å². The summed E-state index contributed by atoms with van der Waals surface area (Å²) in [5, 5.41) is 10.1. The first kappa shape index (κ1) is 13.6. The fraction of sp³-hybridized carbons (Fsp3) is 0.400. The van der Waals surface area contributed by atoms with Crippen LogP contribution < -0.4 is 0 Å². The first-order valence-corrected chi connectivity index (χ1v) is 6.56. The maximum atomic E-state index is 8.58. The lowest BCUT2D eigenvalue weighted by molar-refractivity contribution is 1.17. The summed E-state index contributed by atoms with van der Waals surface area (Å²) in [5.74, 6) is 0. The maximum Gasteiger partial charge on any atom is 0.140 e. The Kier molecular flexibility index (Phi) is 7.73. The number of halogens is 2. The second-order valence-corrected chi connectivity index (χ2v) is 3.34. The Morgan fingerprint density at radius 3 is 2.29 bits per heavy atom. The van der Waals surface area contributed by atoms with Gasteiger partial charge in [0.05, 0.1) is 0 Å². The zero-order valence-corrected chi connectivity index (χ0v) is 11.4. The molecule has 0 fully saturated rings. The molecule has 0 saturated carbocycles. The lowest BCUT2D eigenvalue weighted by atomic mass is 10.1. The van der Waals surface area contributed by atoms with Crippen molar-refractivity contribution in [3.63, 3.8) is 0 Å². The average Bonchev–Trinajstić information content (AvgIpc) is 2.30. The number of alkyl halides is 2. The van der Waals surface area contributed by atoms with E-state index in [-0.39, 0.29) is 0 Å². The number of hydrogen-bond acceptors (Lipinski definition) is 2. The minimum Gasteiger partial charge on any atom is -0.245 e. The normalized spacial score (nSPS) is 8.50. The maximum absolute atomic E-state index is 8.58. The van der Waals surface area contributed by atoms with E-state index in [2.05, 4.69) is 36.8 Å². The summed E-state index contributed by atoms with van der Waals surface area (Å²) in [7, 11) is 0. The van der Waals surface area contributed by atoms with E-state index in [4.69, 9.17) is 5.26 Å². The standard InChI is InChI=1S/C8H6Br2N2.C2H6/c9-2-6-1-8(4-11)12-5-7(6)3-10;1-2/h1,5H,2-3H2;1-2H3. The molecule has 4 heteroatoms. The van der Waals surface area contributed by atoms with Crippen LogP contribution in [0.5, 0.6) is 0 Å². The first-order chi connectivity index (χ1) is 6.81. The van der Waals surface area contributed by atoms with Crippen LogP contribution >= 0.6 is 31.9 Å². The molecule has 0 aliphatic rings. The molecule has 0 radical (unpaired) electrons. The van der Waals surface area contributed by atoms with E-state index in [1.807, 2.05) is 19.9 Å². The smallest absolute Gasteiger partial charge is 0.140 e. The zero-order chi connectivity index (χ0) is 11.0. The number of pyridine rings is 1. The molecule has 14 heavy (non-hydrogen) atoms. The molecular weight excluding hydrogens is 308 g/mol. The topological polar surface area (TPSA) is 36.7 Å². The molecule has 1 heterocycles. The molecule has 0 unspecified atom stereocenters. The third-order valence-corrected chi connectivity index (χ3v) is 2.69. The Labute approximate surface area is 102 Å². The lowest BCUT2D eigenvalue weighted by Crippen LogP contribution is -1.92. The molecule has 0 atom stereocenters. The zero-order valence-electron chi connectivity index (χ0n) is 8.22. The predicted molar refractivity (Wildman–Crippen MR) is 65.6 cm³/mol. The molecule has 0 saturated heterocycles. The third kappa shape index (κ3) is 3.77. The molecule has 0 aliphatic carbocycles. The van der Waals surface area contributed by atoms with Gasteiger partial charge in [-0.05, 0) is 17.2 Å². The van der Waals surface area contributed by atoms with Gasteiger partial charge in [-0.15, -0.1) is 0 Å². The Balaban J connectivity index is 0.000000791. The predicted octanol–water partition coefficient (Wildman–Crippen LogP) is 3.77. The molecule has 2 nitrogen and oxygen atoms in total. The quantitative estimate of drug-likeness (QED) is 0.778. The third-order valence-electron chi connectivity index (χ3n) is 1.49. The monoisotopic (exact) mass is 318 g/mol. The van der Waals surface area contributed by atoms with Gasteiger partial charge < -0.3 is 0 Å². The molecule has 0 spiro atoms. The number of aromatic nitrogens is 1. The fourth-order valence-corrected chi connectivity index (χ4v) is 1.86. The summed E-state index contributed by atoms with van der Waals surface area (Å²) in [5.41, 5.74) is 2.69.